The molecule has 4 N–H and O–H groups in total. The van der Waals surface area contributed by atoms with Crippen molar-refractivity contribution in [3.63, 3.8) is 0 Å². The molecule has 0 aromatic heterocycles. The molecule has 1 unspecified atom stereocenters. The maximum Gasteiger partial charge on any atom is 0.326 e. The van der Waals surface area contributed by atoms with Gasteiger partial charge in [-0.1, -0.05) is 98.3 Å². The third kappa shape index (κ3) is 14.6. The van der Waals surface area contributed by atoms with Gasteiger partial charge in [0.05, 0.1) is 0 Å². The van der Waals surface area contributed by atoms with Crippen LogP contribution in [0.4, 0.5) is 0 Å². The third-order valence-electron chi connectivity index (χ3n) is 6.43. The molecule has 0 aromatic rings. The second kappa shape index (κ2) is 20.7. The SMILES string of the molecule is CCCCCCCCCCCCCCN(C(=O)CCCN)[C@H](C(=O)NC(CC)C(=O)O)C(C)C. The van der Waals surface area contributed by atoms with Gasteiger partial charge < -0.3 is 21.1 Å². The maximum atomic E-state index is 13.0. The number of nitrogens with zero attached hydrogens (tertiary/aromatic N) is 1. The van der Waals surface area contributed by atoms with Crippen LogP contribution in [0.3, 0.4) is 0 Å². The number of aliphatic carboxylic acids is 1. The molecule has 0 rings (SSSR count). The highest BCUT2D eigenvalue weighted by Crippen LogP contribution is 2.17. The molecular weight excluding hydrogens is 430 g/mol. The number of nitrogens with two attached hydrogens (primary N) is 1. The lowest BCUT2D eigenvalue weighted by Crippen LogP contribution is -2.55. The molecule has 2 amide bonds. The molecule has 0 aliphatic heterocycles. The molecule has 0 spiro atoms. The van der Waals surface area contributed by atoms with Crippen LogP contribution in [0, 0.1) is 5.92 Å². The molecule has 0 heterocycles. The molecule has 7 heteroatoms. The molecule has 200 valence electrons. The summed E-state index contributed by atoms with van der Waals surface area (Å²) in [5.41, 5.74) is 5.59. The van der Waals surface area contributed by atoms with Crippen LogP contribution < -0.4 is 11.1 Å². The van der Waals surface area contributed by atoms with Crippen molar-refractivity contribution < 1.29 is 19.5 Å². The summed E-state index contributed by atoms with van der Waals surface area (Å²) in [4.78, 5) is 39.0. The summed E-state index contributed by atoms with van der Waals surface area (Å²) in [5, 5.41) is 12.0. The van der Waals surface area contributed by atoms with E-state index in [0.717, 1.165) is 19.3 Å². The lowest BCUT2D eigenvalue weighted by molar-refractivity contribution is -0.146. The second-order valence-corrected chi connectivity index (χ2v) is 9.86. The molecule has 2 atom stereocenters. The van der Waals surface area contributed by atoms with Crippen molar-refractivity contribution in [2.45, 2.75) is 136 Å². The summed E-state index contributed by atoms with van der Waals surface area (Å²) in [6.07, 6.45) is 16.0. The Labute approximate surface area is 208 Å². The zero-order valence-electron chi connectivity index (χ0n) is 22.4. The van der Waals surface area contributed by atoms with Crippen molar-refractivity contribution in [3.8, 4) is 0 Å². The quantitative estimate of drug-likeness (QED) is 0.182. The summed E-state index contributed by atoms with van der Waals surface area (Å²) in [6, 6.07) is -1.62. The first-order chi connectivity index (χ1) is 16.3. The molecule has 0 aliphatic rings. The van der Waals surface area contributed by atoms with Crippen molar-refractivity contribution in [2.24, 2.45) is 11.7 Å². The van der Waals surface area contributed by atoms with Gasteiger partial charge in [-0.3, -0.25) is 9.59 Å². The van der Waals surface area contributed by atoms with E-state index in [0.29, 0.717) is 32.4 Å². The molecule has 0 aromatic carbocycles. The Morgan fingerprint density at radius 3 is 1.74 bits per heavy atom. The van der Waals surface area contributed by atoms with Gasteiger partial charge in [0.15, 0.2) is 0 Å². The zero-order valence-corrected chi connectivity index (χ0v) is 22.4. The highest BCUT2D eigenvalue weighted by Gasteiger charge is 2.33. The first-order valence-corrected chi connectivity index (χ1v) is 13.8. The average molecular weight is 484 g/mol. The Balaban J connectivity index is 4.68. The van der Waals surface area contributed by atoms with Gasteiger partial charge in [0, 0.05) is 13.0 Å². The molecule has 0 bridgehead atoms. The maximum absolute atomic E-state index is 13.0. The number of hydrogen-bond acceptors (Lipinski definition) is 4. The molecule has 0 fully saturated rings. The van der Waals surface area contributed by atoms with Gasteiger partial charge in [0.1, 0.15) is 12.1 Å². The number of carbonyl (C=O) groups is 3. The fourth-order valence-electron chi connectivity index (χ4n) is 4.34. The van der Waals surface area contributed by atoms with Gasteiger partial charge in [-0.25, -0.2) is 4.79 Å². The molecule has 0 saturated carbocycles. The minimum atomic E-state index is -1.06. The fraction of sp³-hybridized carbons (Fsp3) is 0.889. The lowest BCUT2D eigenvalue weighted by Gasteiger charge is -2.34. The summed E-state index contributed by atoms with van der Waals surface area (Å²) < 4.78 is 0. The van der Waals surface area contributed by atoms with E-state index in [-0.39, 0.29) is 17.7 Å². The van der Waals surface area contributed by atoms with Crippen LogP contribution in [0.1, 0.15) is 124 Å². The van der Waals surface area contributed by atoms with E-state index in [1.54, 1.807) is 11.8 Å². The number of hydrogen-bond donors (Lipinski definition) is 3. The molecule has 0 aliphatic carbocycles. The van der Waals surface area contributed by atoms with Crippen molar-refractivity contribution in [3.05, 3.63) is 0 Å². The first kappa shape index (κ1) is 32.4. The van der Waals surface area contributed by atoms with E-state index < -0.39 is 18.1 Å². The summed E-state index contributed by atoms with van der Waals surface area (Å²) in [5.74, 6) is -1.64. The largest absolute Gasteiger partial charge is 0.480 e. The van der Waals surface area contributed by atoms with Crippen molar-refractivity contribution >= 4 is 17.8 Å². The Hall–Kier alpha value is -1.63. The smallest absolute Gasteiger partial charge is 0.326 e. The highest BCUT2D eigenvalue weighted by molar-refractivity contribution is 5.90. The van der Waals surface area contributed by atoms with Gasteiger partial charge in [0.2, 0.25) is 11.8 Å². The number of carbonyl (C=O) groups excluding carboxylic acids is 2. The Morgan fingerprint density at radius 2 is 1.32 bits per heavy atom. The van der Waals surface area contributed by atoms with Gasteiger partial charge in [-0.15, -0.1) is 0 Å². The fourth-order valence-corrected chi connectivity index (χ4v) is 4.34. The van der Waals surface area contributed by atoms with Crippen molar-refractivity contribution in [2.75, 3.05) is 13.1 Å². The van der Waals surface area contributed by atoms with E-state index in [1.807, 2.05) is 13.8 Å². The minimum Gasteiger partial charge on any atom is -0.480 e. The van der Waals surface area contributed by atoms with Crippen LogP contribution >= 0.6 is 0 Å². The second-order valence-electron chi connectivity index (χ2n) is 9.86. The molecule has 34 heavy (non-hydrogen) atoms. The Kier molecular flexibility index (Phi) is 19.7. The number of unbranched alkanes of at least 4 members (excludes halogenated alkanes) is 11. The molecule has 0 radical (unpaired) electrons. The molecular formula is C27H53N3O4. The average Bonchev–Trinajstić information content (AvgIpc) is 2.80. The van der Waals surface area contributed by atoms with Crippen LogP contribution in [-0.2, 0) is 14.4 Å². The van der Waals surface area contributed by atoms with Crippen molar-refractivity contribution in [1.82, 2.24) is 10.2 Å². The Morgan fingerprint density at radius 1 is 0.824 bits per heavy atom. The number of rotatable bonds is 22. The van der Waals surface area contributed by atoms with Gasteiger partial charge >= 0.3 is 5.97 Å². The predicted molar refractivity (Wildman–Crippen MR) is 140 cm³/mol. The predicted octanol–water partition coefficient (Wildman–Crippen LogP) is 5.26. The highest BCUT2D eigenvalue weighted by atomic mass is 16.4. The standard InChI is InChI=1S/C27H53N3O4/c1-5-7-8-9-10-11-12-13-14-15-16-17-21-30(24(31)19-18-20-28)25(22(3)4)26(32)29-23(6-2)27(33)34/h22-23,25H,5-21,28H2,1-4H3,(H,29,32)(H,33,34)/t23?,25-/m0/s1. The van der Waals surface area contributed by atoms with Crippen LogP contribution in [0.15, 0.2) is 0 Å². The van der Waals surface area contributed by atoms with E-state index in [9.17, 15) is 19.5 Å². The zero-order chi connectivity index (χ0) is 25.8. The number of carboxylic acids is 1. The Bertz CT molecular complexity index is 554. The van der Waals surface area contributed by atoms with Crippen LogP contribution in [0.25, 0.3) is 0 Å². The van der Waals surface area contributed by atoms with E-state index in [1.165, 1.54) is 57.8 Å². The topological polar surface area (TPSA) is 113 Å². The number of carboxylic acid groups (broad SMARTS) is 1. The van der Waals surface area contributed by atoms with Crippen LogP contribution in [-0.4, -0.2) is 53.0 Å². The third-order valence-corrected chi connectivity index (χ3v) is 6.43. The molecule has 7 nitrogen and oxygen atoms in total. The minimum absolute atomic E-state index is 0.0780. The first-order valence-electron chi connectivity index (χ1n) is 13.8. The van der Waals surface area contributed by atoms with Crippen molar-refractivity contribution in [1.29, 1.82) is 0 Å². The van der Waals surface area contributed by atoms with E-state index in [4.69, 9.17) is 5.73 Å². The normalized spacial score (nSPS) is 13.0. The monoisotopic (exact) mass is 483 g/mol. The van der Waals surface area contributed by atoms with Gasteiger partial charge in [-0.2, -0.15) is 0 Å². The summed E-state index contributed by atoms with van der Waals surface area (Å²) >= 11 is 0. The molecule has 0 saturated heterocycles. The van der Waals surface area contributed by atoms with Crippen LogP contribution in [0.5, 0.6) is 0 Å². The van der Waals surface area contributed by atoms with E-state index >= 15 is 0 Å². The van der Waals surface area contributed by atoms with Gasteiger partial charge in [-0.05, 0) is 31.7 Å². The summed E-state index contributed by atoms with van der Waals surface area (Å²) in [6.45, 7) is 8.71. The van der Waals surface area contributed by atoms with Crippen LogP contribution in [0.2, 0.25) is 0 Å². The number of nitrogens with one attached hydrogen (secondary N) is 1. The van der Waals surface area contributed by atoms with Gasteiger partial charge in [0.25, 0.3) is 0 Å². The number of amides is 2. The lowest BCUT2D eigenvalue weighted by atomic mass is 9.99. The van der Waals surface area contributed by atoms with E-state index in [2.05, 4.69) is 12.2 Å². The summed E-state index contributed by atoms with van der Waals surface area (Å²) in [7, 11) is 0.